The SMILES string of the molecule is CCOc1ccc(Cc2cc(C3OC(C)C(O)C(O)C3CN)ccc2Cl)cc1. The van der Waals surface area contributed by atoms with Crippen molar-refractivity contribution in [3.63, 3.8) is 0 Å². The van der Waals surface area contributed by atoms with Crippen molar-refractivity contribution in [3.05, 3.63) is 64.2 Å². The summed E-state index contributed by atoms with van der Waals surface area (Å²) in [6.45, 7) is 4.56. The van der Waals surface area contributed by atoms with Crippen molar-refractivity contribution in [1.82, 2.24) is 0 Å². The maximum absolute atomic E-state index is 10.4. The van der Waals surface area contributed by atoms with Gasteiger partial charge in [-0.25, -0.2) is 0 Å². The predicted octanol–water partition coefficient (Wildman–Crippen LogP) is 3.09. The molecule has 3 rings (SSSR count). The first-order valence-corrected chi connectivity index (χ1v) is 10.0. The molecule has 152 valence electrons. The highest BCUT2D eigenvalue weighted by atomic mass is 35.5. The van der Waals surface area contributed by atoms with E-state index in [1.165, 1.54) is 0 Å². The molecule has 0 aromatic heterocycles. The Bertz CT molecular complexity index is 783. The van der Waals surface area contributed by atoms with Crippen molar-refractivity contribution in [2.24, 2.45) is 11.7 Å². The van der Waals surface area contributed by atoms with Crippen LogP contribution in [-0.2, 0) is 11.2 Å². The molecule has 1 fully saturated rings. The molecule has 5 nitrogen and oxygen atoms in total. The molecule has 0 bridgehead atoms. The summed E-state index contributed by atoms with van der Waals surface area (Å²) in [5, 5.41) is 21.2. The monoisotopic (exact) mass is 405 g/mol. The van der Waals surface area contributed by atoms with Crippen molar-refractivity contribution < 1.29 is 19.7 Å². The molecule has 1 aliphatic heterocycles. The highest BCUT2D eigenvalue weighted by Gasteiger charge is 2.42. The summed E-state index contributed by atoms with van der Waals surface area (Å²) >= 11 is 6.44. The quantitative estimate of drug-likeness (QED) is 0.687. The molecule has 0 spiro atoms. The van der Waals surface area contributed by atoms with Gasteiger partial charge in [0.05, 0.1) is 24.9 Å². The van der Waals surface area contributed by atoms with Gasteiger partial charge in [0.15, 0.2) is 0 Å². The Hall–Kier alpha value is -1.63. The van der Waals surface area contributed by atoms with E-state index in [2.05, 4.69) is 0 Å². The van der Waals surface area contributed by atoms with E-state index in [0.717, 1.165) is 22.4 Å². The zero-order valence-electron chi connectivity index (χ0n) is 16.2. The largest absolute Gasteiger partial charge is 0.494 e. The lowest BCUT2D eigenvalue weighted by Gasteiger charge is -2.42. The number of nitrogens with two attached hydrogens (primary N) is 1. The highest BCUT2D eigenvalue weighted by molar-refractivity contribution is 6.31. The van der Waals surface area contributed by atoms with E-state index in [1.807, 2.05) is 49.4 Å². The fourth-order valence-electron chi connectivity index (χ4n) is 3.71. The molecule has 2 aromatic rings. The number of aliphatic hydroxyl groups excluding tert-OH is 2. The Morgan fingerprint density at radius 2 is 1.82 bits per heavy atom. The molecule has 2 aromatic carbocycles. The zero-order valence-corrected chi connectivity index (χ0v) is 17.0. The second-order valence-electron chi connectivity index (χ2n) is 7.25. The topological polar surface area (TPSA) is 84.9 Å². The Morgan fingerprint density at radius 1 is 1.11 bits per heavy atom. The lowest BCUT2D eigenvalue weighted by atomic mass is 9.83. The van der Waals surface area contributed by atoms with Gasteiger partial charge >= 0.3 is 0 Å². The van der Waals surface area contributed by atoms with E-state index in [4.69, 9.17) is 26.8 Å². The standard InChI is InChI=1S/C22H28ClNO4/c1-3-27-17-7-4-14(5-8-17)10-16-11-15(6-9-19(16)23)22-18(12-24)21(26)20(25)13(2)28-22/h4-9,11,13,18,20-22,25-26H,3,10,12,24H2,1-2H3. The van der Waals surface area contributed by atoms with Gasteiger partial charge in [-0.1, -0.05) is 35.9 Å². The predicted molar refractivity (Wildman–Crippen MR) is 110 cm³/mol. The van der Waals surface area contributed by atoms with Gasteiger partial charge in [0, 0.05) is 17.5 Å². The van der Waals surface area contributed by atoms with Crippen LogP contribution in [0.5, 0.6) is 5.75 Å². The molecule has 5 atom stereocenters. The van der Waals surface area contributed by atoms with Crippen molar-refractivity contribution in [2.45, 2.75) is 44.7 Å². The van der Waals surface area contributed by atoms with Crippen LogP contribution in [0.1, 0.15) is 36.6 Å². The number of rotatable bonds is 6. The Balaban J connectivity index is 1.84. The van der Waals surface area contributed by atoms with Gasteiger partial charge in [-0.3, -0.25) is 0 Å². The van der Waals surface area contributed by atoms with E-state index in [9.17, 15) is 10.2 Å². The minimum atomic E-state index is -0.944. The van der Waals surface area contributed by atoms with Crippen LogP contribution in [0.25, 0.3) is 0 Å². The molecule has 4 N–H and O–H groups in total. The molecule has 1 aliphatic rings. The summed E-state index contributed by atoms with van der Waals surface area (Å²) in [6.07, 6.45) is -2.08. The number of hydrogen-bond donors (Lipinski definition) is 3. The van der Waals surface area contributed by atoms with Gasteiger partial charge < -0.3 is 25.4 Å². The van der Waals surface area contributed by atoms with Crippen molar-refractivity contribution in [2.75, 3.05) is 13.2 Å². The molecule has 1 saturated heterocycles. The first kappa shape index (κ1) is 21.1. The molecule has 0 amide bonds. The van der Waals surface area contributed by atoms with E-state index < -0.39 is 24.4 Å². The minimum Gasteiger partial charge on any atom is -0.494 e. The number of benzene rings is 2. The van der Waals surface area contributed by atoms with Crippen LogP contribution in [0, 0.1) is 5.92 Å². The van der Waals surface area contributed by atoms with Crippen LogP contribution in [0.15, 0.2) is 42.5 Å². The second-order valence-corrected chi connectivity index (χ2v) is 7.65. The lowest BCUT2D eigenvalue weighted by Crippen LogP contribution is -2.52. The highest BCUT2D eigenvalue weighted by Crippen LogP contribution is 2.37. The van der Waals surface area contributed by atoms with Gasteiger partial charge in [0.25, 0.3) is 0 Å². The summed E-state index contributed by atoms with van der Waals surface area (Å²) in [4.78, 5) is 0. The maximum Gasteiger partial charge on any atom is 0.119 e. The fourth-order valence-corrected chi connectivity index (χ4v) is 3.89. The molecule has 0 radical (unpaired) electrons. The van der Waals surface area contributed by atoms with E-state index >= 15 is 0 Å². The van der Waals surface area contributed by atoms with Crippen LogP contribution in [0.3, 0.4) is 0 Å². The summed E-state index contributed by atoms with van der Waals surface area (Å²) in [6, 6.07) is 13.7. The molecular formula is C22H28ClNO4. The number of hydrogen-bond acceptors (Lipinski definition) is 5. The van der Waals surface area contributed by atoms with Crippen LogP contribution >= 0.6 is 11.6 Å². The first-order chi connectivity index (χ1) is 13.4. The summed E-state index contributed by atoms with van der Waals surface area (Å²) in [7, 11) is 0. The Morgan fingerprint density at radius 3 is 2.46 bits per heavy atom. The maximum atomic E-state index is 10.4. The third kappa shape index (κ3) is 4.50. The number of aliphatic hydroxyl groups is 2. The minimum absolute atomic E-state index is 0.215. The fraction of sp³-hybridized carbons (Fsp3) is 0.455. The molecule has 0 aliphatic carbocycles. The summed E-state index contributed by atoms with van der Waals surface area (Å²) in [5.74, 6) is 0.458. The number of ether oxygens (including phenoxy) is 2. The first-order valence-electron chi connectivity index (χ1n) is 9.66. The number of halogens is 1. The smallest absolute Gasteiger partial charge is 0.119 e. The van der Waals surface area contributed by atoms with Gasteiger partial charge in [-0.05, 0) is 55.2 Å². The molecule has 28 heavy (non-hydrogen) atoms. The summed E-state index contributed by atoms with van der Waals surface area (Å²) in [5.41, 5.74) is 8.86. The second kappa shape index (κ2) is 9.25. The average molecular weight is 406 g/mol. The Kier molecular flexibility index (Phi) is 6.96. The van der Waals surface area contributed by atoms with Gasteiger partial charge in [-0.15, -0.1) is 0 Å². The van der Waals surface area contributed by atoms with Crippen LogP contribution < -0.4 is 10.5 Å². The molecule has 5 unspecified atom stereocenters. The van der Waals surface area contributed by atoms with Crippen molar-refractivity contribution >= 4 is 11.6 Å². The molecule has 6 heteroatoms. The van der Waals surface area contributed by atoms with E-state index in [0.29, 0.717) is 18.1 Å². The van der Waals surface area contributed by atoms with Crippen LogP contribution in [-0.4, -0.2) is 41.7 Å². The third-order valence-corrected chi connectivity index (χ3v) is 5.69. The lowest BCUT2D eigenvalue weighted by molar-refractivity contribution is -0.194. The molecular weight excluding hydrogens is 378 g/mol. The van der Waals surface area contributed by atoms with E-state index in [-0.39, 0.29) is 12.5 Å². The van der Waals surface area contributed by atoms with E-state index in [1.54, 1.807) is 6.92 Å². The molecule has 1 heterocycles. The van der Waals surface area contributed by atoms with Crippen molar-refractivity contribution in [3.8, 4) is 5.75 Å². The van der Waals surface area contributed by atoms with Crippen LogP contribution in [0.2, 0.25) is 5.02 Å². The Labute approximate surface area is 171 Å². The zero-order chi connectivity index (χ0) is 20.3. The molecule has 0 saturated carbocycles. The third-order valence-electron chi connectivity index (χ3n) is 5.32. The van der Waals surface area contributed by atoms with Crippen LogP contribution in [0.4, 0.5) is 0 Å². The van der Waals surface area contributed by atoms with Gasteiger partial charge in [-0.2, -0.15) is 0 Å². The average Bonchev–Trinajstić information content (AvgIpc) is 2.69. The normalized spacial score (nSPS) is 27.6. The van der Waals surface area contributed by atoms with Gasteiger partial charge in [0.1, 0.15) is 11.9 Å². The van der Waals surface area contributed by atoms with Gasteiger partial charge in [0.2, 0.25) is 0 Å². The van der Waals surface area contributed by atoms with Crippen molar-refractivity contribution in [1.29, 1.82) is 0 Å². The summed E-state index contributed by atoms with van der Waals surface area (Å²) < 4.78 is 11.5.